The molecule has 13 heavy (non-hydrogen) atoms. The Balaban J connectivity index is 2.13. The molecule has 2 heteroatoms. The molecule has 2 heterocycles. The molecule has 0 aromatic rings. The molecule has 0 aromatic carbocycles. The van der Waals surface area contributed by atoms with Crippen molar-refractivity contribution in [3.8, 4) is 0 Å². The van der Waals surface area contributed by atoms with E-state index in [4.69, 9.17) is 4.99 Å². The largest absolute Gasteiger partial charge is 0.293 e. The Morgan fingerprint density at radius 2 is 2.15 bits per heavy atom. The fourth-order valence-electron chi connectivity index (χ4n) is 2.78. The highest BCUT2D eigenvalue weighted by Crippen LogP contribution is 2.33. The van der Waals surface area contributed by atoms with Crippen molar-refractivity contribution in [2.75, 3.05) is 0 Å². The van der Waals surface area contributed by atoms with Crippen LogP contribution in [0.15, 0.2) is 4.99 Å². The van der Waals surface area contributed by atoms with Crippen LogP contribution in [0.2, 0.25) is 0 Å². The van der Waals surface area contributed by atoms with Gasteiger partial charge in [-0.15, -0.1) is 0 Å². The minimum Gasteiger partial charge on any atom is -0.293 e. The first-order valence-electron chi connectivity index (χ1n) is 5.46. The fourth-order valence-corrected chi connectivity index (χ4v) is 2.78. The van der Waals surface area contributed by atoms with Gasteiger partial charge in [-0.05, 0) is 44.9 Å². The van der Waals surface area contributed by atoms with Gasteiger partial charge in [0.05, 0.1) is 0 Å². The van der Waals surface area contributed by atoms with Crippen molar-refractivity contribution < 1.29 is 0 Å². The average Bonchev–Trinajstić information content (AvgIpc) is 2.02. The zero-order chi connectivity index (χ0) is 9.42. The molecule has 2 nitrogen and oxygen atoms in total. The molecule has 2 aliphatic heterocycles. The van der Waals surface area contributed by atoms with Gasteiger partial charge in [0, 0.05) is 11.8 Å². The van der Waals surface area contributed by atoms with Gasteiger partial charge < -0.3 is 0 Å². The van der Waals surface area contributed by atoms with Gasteiger partial charge in [-0.25, -0.2) is 0 Å². The van der Waals surface area contributed by atoms with Gasteiger partial charge >= 0.3 is 0 Å². The number of hydrogen-bond acceptors (Lipinski definition) is 2. The number of nitrogens with zero attached hydrogens (tertiary/aromatic N) is 1. The summed E-state index contributed by atoms with van der Waals surface area (Å²) in [6.45, 7) is 6.80. The topological polar surface area (TPSA) is 24.4 Å². The maximum atomic E-state index is 4.71. The van der Waals surface area contributed by atoms with Crippen molar-refractivity contribution in [3.63, 3.8) is 0 Å². The molecule has 0 aliphatic carbocycles. The number of piperidine rings is 1. The second kappa shape index (κ2) is 3.41. The van der Waals surface area contributed by atoms with Crippen LogP contribution in [0.5, 0.6) is 0 Å². The van der Waals surface area contributed by atoms with E-state index in [2.05, 4.69) is 26.1 Å². The molecule has 1 N–H and O–H groups in total. The van der Waals surface area contributed by atoms with Gasteiger partial charge in [-0.3, -0.25) is 10.3 Å². The lowest BCUT2D eigenvalue weighted by molar-refractivity contribution is 0.158. The van der Waals surface area contributed by atoms with E-state index in [1.807, 2.05) is 0 Å². The second-order valence-corrected chi connectivity index (χ2v) is 4.79. The summed E-state index contributed by atoms with van der Waals surface area (Å²) in [5.41, 5.74) is 1.33. The Bertz CT molecular complexity index is 222. The first-order valence-corrected chi connectivity index (χ1v) is 5.46. The Morgan fingerprint density at radius 1 is 1.38 bits per heavy atom. The molecule has 74 valence electrons. The molecule has 1 saturated heterocycles. The van der Waals surface area contributed by atoms with Crippen LogP contribution in [-0.4, -0.2) is 17.9 Å². The summed E-state index contributed by atoms with van der Waals surface area (Å²) in [7, 11) is 0. The second-order valence-electron chi connectivity index (χ2n) is 4.79. The lowest BCUT2D eigenvalue weighted by Gasteiger charge is -2.41. The van der Waals surface area contributed by atoms with E-state index in [1.165, 1.54) is 25.0 Å². The van der Waals surface area contributed by atoms with Gasteiger partial charge in [0.15, 0.2) is 0 Å². The van der Waals surface area contributed by atoms with E-state index in [0.29, 0.717) is 12.2 Å². The van der Waals surface area contributed by atoms with Gasteiger partial charge in [0.1, 0.15) is 6.17 Å². The minimum absolute atomic E-state index is 0.424. The normalized spacial score (nSPS) is 45.3. The molecular weight excluding hydrogens is 160 g/mol. The SMILES string of the molecule is CC1=NC2NC(C)CC(C)C2CC1. The highest BCUT2D eigenvalue weighted by molar-refractivity contribution is 5.82. The number of hydrogen-bond donors (Lipinski definition) is 1. The lowest BCUT2D eigenvalue weighted by atomic mass is 9.78. The minimum atomic E-state index is 0.424. The van der Waals surface area contributed by atoms with Crippen LogP contribution in [0.25, 0.3) is 0 Å². The van der Waals surface area contributed by atoms with Crippen molar-refractivity contribution in [1.29, 1.82) is 0 Å². The molecule has 4 atom stereocenters. The molecular formula is C11H20N2. The number of fused-ring (bicyclic) bond motifs is 1. The van der Waals surface area contributed by atoms with Crippen molar-refractivity contribution in [2.24, 2.45) is 16.8 Å². The van der Waals surface area contributed by atoms with E-state index in [0.717, 1.165) is 11.8 Å². The Labute approximate surface area is 80.8 Å². The summed E-state index contributed by atoms with van der Waals surface area (Å²) < 4.78 is 0. The average molecular weight is 180 g/mol. The van der Waals surface area contributed by atoms with Crippen LogP contribution < -0.4 is 5.32 Å². The van der Waals surface area contributed by atoms with E-state index in [1.54, 1.807) is 0 Å². The summed E-state index contributed by atoms with van der Waals surface area (Å²) in [6, 6.07) is 0.644. The zero-order valence-corrected chi connectivity index (χ0v) is 8.88. The summed E-state index contributed by atoms with van der Waals surface area (Å²) in [5.74, 6) is 1.64. The molecule has 2 aliphatic rings. The predicted octanol–water partition coefficient (Wildman–Crippen LogP) is 2.20. The Kier molecular flexibility index (Phi) is 2.41. The highest BCUT2D eigenvalue weighted by Gasteiger charge is 2.34. The lowest BCUT2D eigenvalue weighted by Crippen LogP contribution is -2.50. The van der Waals surface area contributed by atoms with E-state index >= 15 is 0 Å². The van der Waals surface area contributed by atoms with Crippen LogP contribution in [0.4, 0.5) is 0 Å². The summed E-state index contributed by atoms with van der Waals surface area (Å²) >= 11 is 0. The third-order valence-corrected chi connectivity index (χ3v) is 3.52. The molecule has 1 fully saturated rings. The van der Waals surface area contributed by atoms with Gasteiger partial charge in [-0.2, -0.15) is 0 Å². The first kappa shape index (κ1) is 9.20. The number of nitrogens with one attached hydrogen (secondary N) is 1. The summed E-state index contributed by atoms with van der Waals surface area (Å²) in [5, 5.41) is 3.59. The van der Waals surface area contributed by atoms with Crippen molar-refractivity contribution in [1.82, 2.24) is 5.32 Å². The van der Waals surface area contributed by atoms with Crippen LogP contribution in [-0.2, 0) is 0 Å². The first-order chi connectivity index (χ1) is 6.16. The number of rotatable bonds is 0. The molecule has 0 radical (unpaired) electrons. The van der Waals surface area contributed by atoms with Crippen LogP contribution in [0.1, 0.15) is 40.0 Å². The molecule has 0 amide bonds. The van der Waals surface area contributed by atoms with E-state index in [-0.39, 0.29) is 0 Å². The molecule has 0 aromatic heterocycles. The summed E-state index contributed by atoms with van der Waals surface area (Å²) in [6.07, 6.45) is 4.28. The van der Waals surface area contributed by atoms with Crippen LogP contribution in [0.3, 0.4) is 0 Å². The van der Waals surface area contributed by atoms with Crippen molar-refractivity contribution in [3.05, 3.63) is 0 Å². The molecule has 4 unspecified atom stereocenters. The fraction of sp³-hybridized carbons (Fsp3) is 0.909. The van der Waals surface area contributed by atoms with Crippen molar-refractivity contribution >= 4 is 5.71 Å². The molecule has 0 bridgehead atoms. The zero-order valence-electron chi connectivity index (χ0n) is 8.88. The molecule has 2 rings (SSSR count). The van der Waals surface area contributed by atoms with Crippen molar-refractivity contribution in [2.45, 2.75) is 52.2 Å². The Hall–Kier alpha value is -0.370. The van der Waals surface area contributed by atoms with Gasteiger partial charge in [-0.1, -0.05) is 6.92 Å². The third kappa shape index (κ3) is 1.78. The van der Waals surface area contributed by atoms with Gasteiger partial charge in [0.25, 0.3) is 0 Å². The maximum Gasteiger partial charge on any atom is 0.103 e. The summed E-state index contributed by atoms with van der Waals surface area (Å²) in [4.78, 5) is 4.71. The maximum absolute atomic E-state index is 4.71. The monoisotopic (exact) mass is 180 g/mol. The van der Waals surface area contributed by atoms with E-state index < -0.39 is 0 Å². The highest BCUT2D eigenvalue weighted by atomic mass is 15.1. The van der Waals surface area contributed by atoms with Crippen LogP contribution in [0, 0.1) is 11.8 Å². The predicted molar refractivity (Wildman–Crippen MR) is 56.0 cm³/mol. The van der Waals surface area contributed by atoms with E-state index in [9.17, 15) is 0 Å². The van der Waals surface area contributed by atoms with Crippen LogP contribution >= 0.6 is 0 Å². The number of aliphatic imine (C=N–C) groups is 1. The Morgan fingerprint density at radius 3 is 2.92 bits per heavy atom. The molecule has 0 spiro atoms. The molecule has 0 saturated carbocycles. The standard InChI is InChI=1S/C11H20N2/c1-7-6-9(3)13-11-10(7)5-4-8(2)12-11/h7,9-11,13H,4-6H2,1-3H3. The van der Waals surface area contributed by atoms with Gasteiger partial charge in [0.2, 0.25) is 0 Å². The quantitative estimate of drug-likeness (QED) is 0.607. The smallest absolute Gasteiger partial charge is 0.103 e. The third-order valence-electron chi connectivity index (χ3n) is 3.52.